The zero-order valence-corrected chi connectivity index (χ0v) is 15.8. The zero-order chi connectivity index (χ0) is 18.9. The number of furan rings is 1. The molecule has 1 heterocycles. The normalized spacial score (nSPS) is 14.9. The molecule has 144 valence electrons. The number of guanidine groups is 1. The van der Waals surface area contributed by atoms with E-state index in [0.29, 0.717) is 13.1 Å². The van der Waals surface area contributed by atoms with Crippen molar-refractivity contribution in [3.05, 3.63) is 54.0 Å². The fraction of sp³-hybridized carbons (Fsp3) is 0.429. The molecule has 0 radical (unpaired) electrons. The van der Waals surface area contributed by atoms with Crippen molar-refractivity contribution in [1.29, 1.82) is 0 Å². The minimum absolute atomic E-state index is 0.140. The fourth-order valence-corrected chi connectivity index (χ4v) is 3.28. The molecule has 0 unspecified atom stereocenters. The highest BCUT2D eigenvalue weighted by Crippen LogP contribution is 2.26. The molecule has 0 saturated heterocycles. The molecular formula is C21H28N4O2. The van der Waals surface area contributed by atoms with E-state index in [1.165, 1.54) is 0 Å². The van der Waals surface area contributed by atoms with Gasteiger partial charge in [0.05, 0.1) is 19.4 Å². The van der Waals surface area contributed by atoms with E-state index in [1.807, 2.05) is 43.3 Å². The lowest BCUT2D eigenvalue weighted by Crippen LogP contribution is -2.36. The van der Waals surface area contributed by atoms with E-state index in [0.717, 1.165) is 55.2 Å². The SMILES string of the molecule is CCNC(=NCc1cccc(NC(=O)C2CCCC2)c1)NCc1ccco1. The summed E-state index contributed by atoms with van der Waals surface area (Å²) >= 11 is 0. The van der Waals surface area contributed by atoms with Gasteiger partial charge in [-0.3, -0.25) is 4.79 Å². The Kier molecular flexibility index (Phi) is 6.90. The molecular weight excluding hydrogens is 340 g/mol. The van der Waals surface area contributed by atoms with Gasteiger partial charge in [-0.15, -0.1) is 0 Å². The Morgan fingerprint density at radius 3 is 2.78 bits per heavy atom. The summed E-state index contributed by atoms with van der Waals surface area (Å²) in [5, 5.41) is 9.53. The number of carbonyl (C=O) groups excluding carboxylic acids is 1. The highest BCUT2D eigenvalue weighted by Gasteiger charge is 2.22. The van der Waals surface area contributed by atoms with Crippen LogP contribution in [0.15, 0.2) is 52.1 Å². The number of anilines is 1. The van der Waals surface area contributed by atoms with Gasteiger partial charge >= 0.3 is 0 Å². The number of hydrogen-bond acceptors (Lipinski definition) is 3. The predicted molar refractivity (Wildman–Crippen MR) is 107 cm³/mol. The second-order valence-corrected chi connectivity index (χ2v) is 6.80. The van der Waals surface area contributed by atoms with Gasteiger partial charge in [-0.05, 0) is 49.6 Å². The maximum atomic E-state index is 12.3. The summed E-state index contributed by atoms with van der Waals surface area (Å²) in [6.45, 7) is 3.92. The van der Waals surface area contributed by atoms with E-state index in [-0.39, 0.29) is 11.8 Å². The van der Waals surface area contributed by atoms with Crippen LogP contribution in [0.25, 0.3) is 0 Å². The summed E-state index contributed by atoms with van der Waals surface area (Å²) in [5.74, 6) is 1.89. The second-order valence-electron chi connectivity index (χ2n) is 6.80. The largest absolute Gasteiger partial charge is 0.467 e. The summed E-state index contributed by atoms with van der Waals surface area (Å²) in [4.78, 5) is 16.9. The van der Waals surface area contributed by atoms with E-state index in [9.17, 15) is 4.79 Å². The van der Waals surface area contributed by atoms with Crippen LogP contribution in [0, 0.1) is 5.92 Å². The van der Waals surface area contributed by atoms with Crippen LogP contribution >= 0.6 is 0 Å². The highest BCUT2D eigenvalue weighted by molar-refractivity contribution is 5.92. The van der Waals surface area contributed by atoms with Crippen molar-refractivity contribution in [2.75, 3.05) is 11.9 Å². The van der Waals surface area contributed by atoms with Gasteiger partial charge in [-0.2, -0.15) is 0 Å². The highest BCUT2D eigenvalue weighted by atomic mass is 16.3. The standard InChI is InChI=1S/C21H28N4O2/c1-2-22-21(24-15-19-11-6-12-27-19)23-14-16-7-5-10-18(13-16)25-20(26)17-8-3-4-9-17/h5-7,10-13,17H,2-4,8-9,14-15H2,1H3,(H,25,26)(H2,22,23,24). The first kappa shape index (κ1) is 19.0. The molecule has 2 aromatic rings. The zero-order valence-electron chi connectivity index (χ0n) is 15.8. The average Bonchev–Trinajstić information content (AvgIpc) is 3.38. The van der Waals surface area contributed by atoms with Gasteiger partial charge in [0.1, 0.15) is 5.76 Å². The predicted octanol–water partition coefficient (Wildman–Crippen LogP) is 3.66. The van der Waals surface area contributed by atoms with Crippen LogP contribution in [0.4, 0.5) is 5.69 Å². The number of hydrogen-bond donors (Lipinski definition) is 3. The monoisotopic (exact) mass is 368 g/mol. The molecule has 1 aliphatic carbocycles. The van der Waals surface area contributed by atoms with Crippen LogP contribution in [0.3, 0.4) is 0 Å². The summed E-state index contributed by atoms with van der Waals surface area (Å²) in [7, 11) is 0. The number of benzene rings is 1. The van der Waals surface area contributed by atoms with Crippen molar-refractivity contribution in [3.63, 3.8) is 0 Å². The third-order valence-electron chi connectivity index (χ3n) is 4.69. The third kappa shape index (κ3) is 5.88. The first-order valence-electron chi connectivity index (χ1n) is 9.69. The summed E-state index contributed by atoms with van der Waals surface area (Å²) in [5.41, 5.74) is 1.89. The Labute approximate surface area is 160 Å². The van der Waals surface area contributed by atoms with Crippen molar-refractivity contribution < 1.29 is 9.21 Å². The quantitative estimate of drug-likeness (QED) is 0.515. The molecule has 0 aliphatic heterocycles. The molecule has 1 fully saturated rings. The van der Waals surface area contributed by atoms with Crippen molar-refractivity contribution in [3.8, 4) is 0 Å². The Morgan fingerprint density at radius 2 is 2.04 bits per heavy atom. The molecule has 3 N–H and O–H groups in total. The molecule has 6 nitrogen and oxygen atoms in total. The maximum Gasteiger partial charge on any atom is 0.227 e. The molecule has 0 atom stereocenters. The number of rotatable bonds is 7. The van der Waals surface area contributed by atoms with Crippen molar-refractivity contribution in [2.45, 2.75) is 45.7 Å². The van der Waals surface area contributed by atoms with Crippen LogP contribution in [0.5, 0.6) is 0 Å². The fourth-order valence-electron chi connectivity index (χ4n) is 3.28. The summed E-state index contributed by atoms with van der Waals surface area (Å²) < 4.78 is 5.33. The number of aliphatic imine (C=N–C) groups is 1. The smallest absolute Gasteiger partial charge is 0.227 e. The lowest BCUT2D eigenvalue weighted by atomic mass is 10.1. The van der Waals surface area contributed by atoms with Gasteiger partial charge in [-0.25, -0.2) is 4.99 Å². The van der Waals surface area contributed by atoms with Gasteiger partial charge in [0, 0.05) is 18.2 Å². The van der Waals surface area contributed by atoms with Crippen molar-refractivity contribution >= 4 is 17.6 Å². The lowest BCUT2D eigenvalue weighted by molar-refractivity contribution is -0.119. The Hall–Kier alpha value is -2.76. The number of nitrogens with one attached hydrogen (secondary N) is 3. The first-order valence-corrected chi connectivity index (χ1v) is 9.69. The molecule has 1 amide bonds. The van der Waals surface area contributed by atoms with Gasteiger partial charge in [-0.1, -0.05) is 25.0 Å². The Bertz CT molecular complexity index is 749. The van der Waals surface area contributed by atoms with E-state index >= 15 is 0 Å². The van der Waals surface area contributed by atoms with E-state index in [4.69, 9.17) is 4.42 Å². The molecule has 1 aromatic carbocycles. The first-order chi connectivity index (χ1) is 13.2. The van der Waals surface area contributed by atoms with Crippen molar-refractivity contribution in [2.24, 2.45) is 10.9 Å². The Morgan fingerprint density at radius 1 is 1.19 bits per heavy atom. The maximum absolute atomic E-state index is 12.3. The summed E-state index contributed by atoms with van der Waals surface area (Å²) in [6, 6.07) is 11.7. The molecule has 0 spiro atoms. The number of nitrogens with zero attached hydrogens (tertiary/aromatic N) is 1. The van der Waals surface area contributed by atoms with Crippen LogP contribution < -0.4 is 16.0 Å². The molecule has 1 aromatic heterocycles. The van der Waals surface area contributed by atoms with Gasteiger partial charge in [0.25, 0.3) is 0 Å². The average molecular weight is 368 g/mol. The van der Waals surface area contributed by atoms with Crippen LogP contribution in [0.1, 0.15) is 43.9 Å². The summed E-state index contributed by atoms with van der Waals surface area (Å²) in [6.07, 6.45) is 5.98. The molecule has 1 saturated carbocycles. The minimum Gasteiger partial charge on any atom is -0.467 e. The molecule has 6 heteroatoms. The van der Waals surface area contributed by atoms with Crippen molar-refractivity contribution in [1.82, 2.24) is 10.6 Å². The molecule has 0 bridgehead atoms. The lowest BCUT2D eigenvalue weighted by Gasteiger charge is -2.12. The second kappa shape index (κ2) is 9.80. The van der Waals surface area contributed by atoms with E-state index in [2.05, 4.69) is 20.9 Å². The molecule has 27 heavy (non-hydrogen) atoms. The number of carbonyl (C=O) groups is 1. The third-order valence-corrected chi connectivity index (χ3v) is 4.69. The van der Waals surface area contributed by atoms with Gasteiger partial charge in [0.15, 0.2) is 5.96 Å². The van der Waals surface area contributed by atoms with E-state index < -0.39 is 0 Å². The molecule has 3 rings (SSSR count). The van der Waals surface area contributed by atoms with Gasteiger partial charge < -0.3 is 20.4 Å². The topological polar surface area (TPSA) is 78.7 Å². The number of amides is 1. The van der Waals surface area contributed by atoms with Crippen LogP contribution in [-0.2, 0) is 17.9 Å². The van der Waals surface area contributed by atoms with Gasteiger partial charge in [0.2, 0.25) is 5.91 Å². The Balaban J connectivity index is 1.57. The van der Waals surface area contributed by atoms with E-state index in [1.54, 1.807) is 6.26 Å². The minimum atomic E-state index is 0.140. The van der Waals surface area contributed by atoms with Crippen LogP contribution in [0.2, 0.25) is 0 Å². The molecule has 1 aliphatic rings. The van der Waals surface area contributed by atoms with Crippen LogP contribution in [-0.4, -0.2) is 18.4 Å².